The van der Waals surface area contributed by atoms with E-state index in [4.69, 9.17) is 0 Å². The second-order valence-corrected chi connectivity index (χ2v) is 10.7. The zero-order valence-electron chi connectivity index (χ0n) is 17.5. The van der Waals surface area contributed by atoms with Gasteiger partial charge in [-0.3, -0.25) is 4.79 Å². The minimum atomic E-state index is -3.47. The molecule has 1 aromatic carbocycles. The number of likely N-dealkylation sites (tertiary alicyclic amines) is 1. The minimum absolute atomic E-state index is 0.0648. The number of sulfonamides is 1. The summed E-state index contributed by atoms with van der Waals surface area (Å²) in [5.74, 6) is 0.101. The molecule has 0 N–H and O–H groups in total. The summed E-state index contributed by atoms with van der Waals surface area (Å²) >= 11 is 0. The average molecular weight is 420 g/mol. The van der Waals surface area contributed by atoms with Gasteiger partial charge in [0.15, 0.2) is 0 Å². The number of likely N-dealkylation sites (N-methyl/N-ethyl adjacent to an activating group) is 1. The predicted molar refractivity (Wildman–Crippen MR) is 113 cm³/mol. The minimum Gasteiger partial charge on any atom is -0.344 e. The third kappa shape index (κ3) is 4.52. The molecule has 160 valence electrons. The number of benzene rings is 1. The maximum Gasteiger partial charge on any atom is 0.243 e. The quantitative estimate of drug-likeness (QED) is 0.709. The van der Waals surface area contributed by atoms with E-state index in [0.717, 1.165) is 45.4 Å². The summed E-state index contributed by atoms with van der Waals surface area (Å²) < 4.78 is 27.7. The first-order valence-electron chi connectivity index (χ1n) is 11.0. The van der Waals surface area contributed by atoms with Crippen LogP contribution >= 0.6 is 0 Å². The van der Waals surface area contributed by atoms with Crippen molar-refractivity contribution in [2.24, 2.45) is 5.92 Å². The molecular formula is C22H33N3O3S. The molecule has 4 rings (SSSR count). The van der Waals surface area contributed by atoms with Crippen molar-refractivity contribution in [1.82, 2.24) is 14.1 Å². The monoisotopic (exact) mass is 419 g/mol. The average Bonchev–Trinajstić information content (AvgIpc) is 3.42. The third-order valence-electron chi connectivity index (χ3n) is 6.84. The molecule has 1 amide bonds. The second-order valence-electron chi connectivity index (χ2n) is 8.77. The molecule has 0 aromatic heterocycles. The third-order valence-corrected chi connectivity index (χ3v) is 8.73. The van der Waals surface area contributed by atoms with Crippen molar-refractivity contribution >= 4 is 15.9 Å². The van der Waals surface area contributed by atoms with Crippen LogP contribution in [-0.4, -0.2) is 74.7 Å². The Bertz CT molecular complexity index is 841. The Kier molecular flexibility index (Phi) is 6.27. The zero-order valence-corrected chi connectivity index (χ0v) is 18.3. The van der Waals surface area contributed by atoms with Crippen molar-refractivity contribution in [2.75, 3.05) is 46.3 Å². The highest BCUT2D eigenvalue weighted by atomic mass is 32.2. The van der Waals surface area contributed by atoms with Gasteiger partial charge in [0, 0.05) is 39.1 Å². The fourth-order valence-electron chi connectivity index (χ4n) is 4.92. The fourth-order valence-corrected chi connectivity index (χ4v) is 6.44. The van der Waals surface area contributed by atoms with Crippen molar-refractivity contribution in [3.8, 4) is 0 Å². The van der Waals surface area contributed by atoms with Gasteiger partial charge in [0.25, 0.3) is 0 Å². The molecule has 0 bridgehead atoms. The number of hydrogen-bond acceptors (Lipinski definition) is 4. The van der Waals surface area contributed by atoms with E-state index in [1.54, 1.807) is 10.4 Å². The van der Waals surface area contributed by atoms with E-state index in [9.17, 15) is 13.2 Å². The van der Waals surface area contributed by atoms with Gasteiger partial charge in [-0.2, -0.15) is 4.31 Å². The molecule has 2 fully saturated rings. The Morgan fingerprint density at radius 3 is 2.45 bits per heavy atom. The number of hydrogen-bond donors (Lipinski definition) is 0. The summed E-state index contributed by atoms with van der Waals surface area (Å²) in [6.07, 6.45) is 6.86. The summed E-state index contributed by atoms with van der Waals surface area (Å²) in [6.45, 7) is 4.83. The molecule has 3 aliphatic rings. The Labute approximate surface area is 174 Å². The molecular weight excluding hydrogens is 386 g/mol. The number of carbonyl (C=O) groups is 1. The second kappa shape index (κ2) is 8.74. The van der Waals surface area contributed by atoms with Crippen LogP contribution in [0.25, 0.3) is 0 Å². The fraction of sp³-hybridized carbons (Fsp3) is 0.682. The topological polar surface area (TPSA) is 60.9 Å². The molecule has 0 spiro atoms. The lowest BCUT2D eigenvalue weighted by Crippen LogP contribution is -2.44. The number of fused-ring (bicyclic) bond motifs is 1. The van der Waals surface area contributed by atoms with E-state index in [1.165, 1.54) is 24.0 Å². The molecule has 0 atom stereocenters. The van der Waals surface area contributed by atoms with Gasteiger partial charge in [-0.05, 0) is 81.3 Å². The van der Waals surface area contributed by atoms with Gasteiger partial charge in [-0.1, -0.05) is 6.07 Å². The number of piperidine rings is 1. The van der Waals surface area contributed by atoms with E-state index in [2.05, 4.69) is 4.90 Å². The molecule has 2 heterocycles. The highest BCUT2D eigenvalue weighted by molar-refractivity contribution is 7.89. The van der Waals surface area contributed by atoms with Crippen LogP contribution < -0.4 is 0 Å². The van der Waals surface area contributed by atoms with E-state index < -0.39 is 10.0 Å². The van der Waals surface area contributed by atoms with Gasteiger partial charge in [0.05, 0.1) is 4.90 Å². The summed E-state index contributed by atoms with van der Waals surface area (Å²) in [5, 5.41) is 0. The smallest absolute Gasteiger partial charge is 0.243 e. The van der Waals surface area contributed by atoms with Crippen molar-refractivity contribution in [3.05, 3.63) is 29.3 Å². The zero-order chi connectivity index (χ0) is 20.4. The molecule has 1 aromatic rings. The van der Waals surface area contributed by atoms with Crippen molar-refractivity contribution in [1.29, 1.82) is 0 Å². The highest BCUT2D eigenvalue weighted by Crippen LogP contribution is 2.29. The van der Waals surface area contributed by atoms with E-state index in [1.807, 2.05) is 24.1 Å². The van der Waals surface area contributed by atoms with Gasteiger partial charge >= 0.3 is 0 Å². The normalized spacial score (nSPS) is 21.4. The van der Waals surface area contributed by atoms with Crippen LogP contribution in [0.3, 0.4) is 0 Å². The number of carbonyl (C=O) groups excluding carboxylic acids is 1. The lowest BCUT2D eigenvalue weighted by molar-refractivity contribution is -0.135. The SMILES string of the molecule is CN(CCN1CCCC1)C(=O)C1CCN(S(=O)(=O)c2ccc3c(c2)CCC3)CC1. The summed E-state index contributed by atoms with van der Waals surface area (Å²) in [5.41, 5.74) is 2.46. The van der Waals surface area contributed by atoms with Crippen LogP contribution in [0.4, 0.5) is 0 Å². The van der Waals surface area contributed by atoms with Crippen molar-refractivity contribution in [2.45, 2.75) is 49.8 Å². The van der Waals surface area contributed by atoms with Crippen LogP contribution in [0.1, 0.15) is 43.2 Å². The van der Waals surface area contributed by atoms with E-state index in [-0.39, 0.29) is 11.8 Å². The maximum absolute atomic E-state index is 13.1. The van der Waals surface area contributed by atoms with Crippen LogP contribution in [0, 0.1) is 5.92 Å². The van der Waals surface area contributed by atoms with Crippen molar-refractivity contribution in [3.63, 3.8) is 0 Å². The largest absolute Gasteiger partial charge is 0.344 e. The van der Waals surface area contributed by atoms with Gasteiger partial charge < -0.3 is 9.80 Å². The first-order chi connectivity index (χ1) is 13.9. The number of nitrogens with zero attached hydrogens (tertiary/aromatic N) is 3. The van der Waals surface area contributed by atoms with Crippen LogP contribution in [0.2, 0.25) is 0 Å². The first-order valence-corrected chi connectivity index (χ1v) is 12.5. The number of aryl methyl sites for hydroxylation is 2. The molecule has 6 nitrogen and oxygen atoms in total. The summed E-state index contributed by atoms with van der Waals surface area (Å²) in [7, 11) is -1.59. The van der Waals surface area contributed by atoms with Crippen LogP contribution in [0.5, 0.6) is 0 Å². The summed E-state index contributed by atoms with van der Waals surface area (Å²) in [4.78, 5) is 17.5. The molecule has 0 radical (unpaired) electrons. The highest BCUT2D eigenvalue weighted by Gasteiger charge is 2.33. The molecule has 7 heteroatoms. The van der Waals surface area contributed by atoms with Gasteiger partial charge in [-0.15, -0.1) is 0 Å². The Morgan fingerprint density at radius 2 is 1.72 bits per heavy atom. The molecule has 1 aliphatic carbocycles. The standard InChI is InChI=1S/C22H33N3O3S/c1-23(15-16-24-11-2-3-12-24)22(26)19-9-13-25(14-10-19)29(27,28)21-8-7-18-5-4-6-20(18)17-21/h7-8,17,19H,2-6,9-16H2,1H3. The lowest BCUT2D eigenvalue weighted by atomic mass is 9.97. The van der Waals surface area contributed by atoms with Crippen molar-refractivity contribution < 1.29 is 13.2 Å². The molecule has 0 unspecified atom stereocenters. The Balaban J connectivity index is 1.31. The maximum atomic E-state index is 13.1. The Hall–Kier alpha value is -1.44. The van der Waals surface area contributed by atoms with Gasteiger partial charge in [0.2, 0.25) is 15.9 Å². The van der Waals surface area contributed by atoms with Gasteiger partial charge in [-0.25, -0.2) is 8.42 Å². The summed E-state index contributed by atoms with van der Waals surface area (Å²) in [6, 6.07) is 5.59. The van der Waals surface area contributed by atoms with Crippen LogP contribution in [0.15, 0.2) is 23.1 Å². The number of rotatable bonds is 6. The van der Waals surface area contributed by atoms with E-state index in [0.29, 0.717) is 30.8 Å². The van der Waals surface area contributed by atoms with Crippen LogP contribution in [-0.2, 0) is 27.7 Å². The lowest BCUT2D eigenvalue weighted by Gasteiger charge is -2.33. The number of amides is 1. The predicted octanol–water partition coefficient (Wildman–Crippen LogP) is 2.13. The Morgan fingerprint density at radius 1 is 1.03 bits per heavy atom. The molecule has 2 saturated heterocycles. The molecule has 0 saturated carbocycles. The van der Waals surface area contributed by atoms with E-state index >= 15 is 0 Å². The molecule has 2 aliphatic heterocycles. The first kappa shape index (κ1) is 20.8. The van der Waals surface area contributed by atoms with Gasteiger partial charge in [0.1, 0.15) is 0 Å². The molecule has 29 heavy (non-hydrogen) atoms.